The Kier molecular flexibility index (Phi) is 4.92. The molecule has 0 bridgehead atoms. The summed E-state index contributed by atoms with van der Waals surface area (Å²) >= 11 is 0. The van der Waals surface area contributed by atoms with Crippen LogP contribution in [0.5, 0.6) is 0 Å². The number of aromatic nitrogens is 1. The number of fused-ring (bicyclic) bond motifs is 1. The number of non-ortho nitro benzene ring substituents is 1. The zero-order valence-corrected chi connectivity index (χ0v) is 13.1. The third-order valence-electron chi connectivity index (χ3n) is 3.73. The molecule has 1 N–H and O–H groups in total. The van der Waals surface area contributed by atoms with Gasteiger partial charge in [-0.1, -0.05) is 13.8 Å². The lowest BCUT2D eigenvalue weighted by Crippen LogP contribution is -2.24. The fourth-order valence-corrected chi connectivity index (χ4v) is 2.29. The van der Waals surface area contributed by atoms with Crippen molar-refractivity contribution in [1.82, 2.24) is 4.98 Å². The van der Waals surface area contributed by atoms with Gasteiger partial charge < -0.3 is 10.1 Å². The van der Waals surface area contributed by atoms with Gasteiger partial charge in [0.2, 0.25) is 0 Å². The molecule has 1 aromatic heterocycles. The first kappa shape index (κ1) is 16.2. The van der Waals surface area contributed by atoms with Gasteiger partial charge in [-0.05, 0) is 24.0 Å². The van der Waals surface area contributed by atoms with Crippen molar-refractivity contribution in [2.75, 3.05) is 25.6 Å². The highest BCUT2D eigenvalue weighted by atomic mass is 16.6. The van der Waals surface area contributed by atoms with E-state index in [2.05, 4.69) is 24.1 Å². The first-order valence-corrected chi connectivity index (χ1v) is 7.18. The highest BCUT2D eigenvalue weighted by Crippen LogP contribution is 2.31. The van der Waals surface area contributed by atoms with E-state index in [1.54, 1.807) is 25.4 Å². The number of anilines is 1. The molecule has 2 aromatic rings. The van der Waals surface area contributed by atoms with E-state index >= 15 is 0 Å². The predicted octanol–water partition coefficient (Wildman–Crippen LogP) is 3.62. The summed E-state index contributed by atoms with van der Waals surface area (Å²) in [5.41, 5.74) is 1.03. The Morgan fingerprint density at radius 1 is 1.32 bits per heavy atom. The average Bonchev–Trinajstić information content (AvgIpc) is 2.50. The van der Waals surface area contributed by atoms with Gasteiger partial charge in [-0.3, -0.25) is 15.1 Å². The van der Waals surface area contributed by atoms with Crippen molar-refractivity contribution in [2.45, 2.75) is 20.3 Å². The summed E-state index contributed by atoms with van der Waals surface area (Å²) in [6.45, 7) is 5.79. The maximum Gasteiger partial charge on any atom is 0.278 e. The lowest BCUT2D eigenvalue weighted by molar-refractivity contribution is -0.383. The van der Waals surface area contributed by atoms with Crippen LogP contribution in [0.15, 0.2) is 30.6 Å². The predicted molar refractivity (Wildman–Crippen MR) is 87.2 cm³/mol. The van der Waals surface area contributed by atoms with Gasteiger partial charge in [0.1, 0.15) is 0 Å². The van der Waals surface area contributed by atoms with Crippen molar-refractivity contribution in [3.8, 4) is 0 Å². The lowest BCUT2D eigenvalue weighted by Gasteiger charge is -2.25. The number of nitrogens with zero attached hydrogens (tertiary/aromatic N) is 2. The molecule has 0 saturated heterocycles. The van der Waals surface area contributed by atoms with E-state index < -0.39 is 0 Å². The highest BCUT2D eigenvalue weighted by molar-refractivity contribution is 5.99. The SMILES string of the molecule is COCCC(C)(C)CNc1ccc([N+](=O)[O-])c2cnccc12. The molecule has 6 nitrogen and oxygen atoms in total. The summed E-state index contributed by atoms with van der Waals surface area (Å²) in [7, 11) is 1.69. The number of nitro groups is 1. The molecule has 0 unspecified atom stereocenters. The zero-order valence-electron chi connectivity index (χ0n) is 13.1. The van der Waals surface area contributed by atoms with Gasteiger partial charge in [0.25, 0.3) is 5.69 Å². The Bertz CT molecular complexity index is 671. The summed E-state index contributed by atoms with van der Waals surface area (Å²) in [5.74, 6) is 0. The Balaban J connectivity index is 2.26. The number of rotatable bonds is 7. The Hall–Kier alpha value is -2.21. The van der Waals surface area contributed by atoms with Crippen LogP contribution in [0.3, 0.4) is 0 Å². The lowest BCUT2D eigenvalue weighted by atomic mass is 9.89. The van der Waals surface area contributed by atoms with Gasteiger partial charge in [0.05, 0.1) is 10.3 Å². The summed E-state index contributed by atoms with van der Waals surface area (Å²) in [4.78, 5) is 14.7. The van der Waals surface area contributed by atoms with Gasteiger partial charge in [-0.25, -0.2) is 0 Å². The third-order valence-corrected chi connectivity index (χ3v) is 3.73. The smallest absolute Gasteiger partial charge is 0.278 e. The summed E-state index contributed by atoms with van der Waals surface area (Å²) in [6.07, 6.45) is 4.12. The molecule has 0 saturated carbocycles. The number of pyridine rings is 1. The molecule has 0 aliphatic carbocycles. The van der Waals surface area contributed by atoms with Gasteiger partial charge in [-0.15, -0.1) is 0 Å². The molecule has 6 heteroatoms. The number of methoxy groups -OCH3 is 1. The topological polar surface area (TPSA) is 77.3 Å². The number of ether oxygens (including phenoxy) is 1. The first-order chi connectivity index (χ1) is 10.4. The Morgan fingerprint density at radius 2 is 2.09 bits per heavy atom. The number of nitrogens with one attached hydrogen (secondary N) is 1. The van der Waals surface area contributed by atoms with E-state index in [0.29, 0.717) is 12.0 Å². The van der Waals surface area contributed by atoms with Gasteiger partial charge in [-0.2, -0.15) is 0 Å². The standard InChI is InChI=1S/C16H21N3O3/c1-16(2,7-9-22-3)11-18-14-4-5-15(19(20)21)13-10-17-8-6-12(13)14/h4-6,8,10,18H,7,9,11H2,1-3H3. The minimum atomic E-state index is -0.379. The molecule has 0 amide bonds. The number of benzene rings is 1. The van der Waals surface area contributed by atoms with Crippen LogP contribution < -0.4 is 5.32 Å². The second kappa shape index (κ2) is 6.70. The minimum Gasteiger partial charge on any atom is -0.385 e. The summed E-state index contributed by atoms with van der Waals surface area (Å²) < 4.78 is 5.13. The van der Waals surface area contributed by atoms with Crippen molar-refractivity contribution >= 4 is 22.1 Å². The molecule has 0 atom stereocenters. The second-order valence-corrected chi connectivity index (χ2v) is 6.07. The van der Waals surface area contributed by atoms with Crippen LogP contribution >= 0.6 is 0 Å². The van der Waals surface area contributed by atoms with Crippen LogP contribution in [0, 0.1) is 15.5 Å². The largest absolute Gasteiger partial charge is 0.385 e. The van der Waals surface area contributed by atoms with E-state index in [1.165, 1.54) is 12.3 Å². The summed E-state index contributed by atoms with van der Waals surface area (Å²) in [5, 5.41) is 15.9. The van der Waals surface area contributed by atoms with Crippen molar-refractivity contribution in [2.24, 2.45) is 5.41 Å². The number of hydrogen-bond donors (Lipinski definition) is 1. The van der Waals surface area contributed by atoms with E-state index in [-0.39, 0.29) is 16.0 Å². The quantitative estimate of drug-likeness (QED) is 0.624. The van der Waals surface area contributed by atoms with Crippen LogP contribution in [0.1, 0.15) is 20.3 Å². The second-order valence-electron chi connectivity index (χ2n) is 6.07. The van der Waals surface area contributed by atoms with E-state index in [1.807, 2.05) is 0 Å². The number of hydrogen-bond acceptors (Lipinski definition) is 5. The fraction of sp³-hybridized carbons (Fsp3) is 0.438. The zero-order chi connectivity index (χ0) is 16.2. The van der Waals surface area contributed by atoms with E-state index in [0.717, 1.165) is 24.0 Å². The van der Waals surface area contributed by atoms with Crippen LogP contribution in [0.2, 0.25) is 0 Å². The molecular formula is C16H21N3O3. The van der Waals surface area contributed by atoms with E-state index in [9.17, 15) is 10.1 Å². The van der Waals surface area contributed by atoms with Crippen LogP contribution in [0.4, 0.5) is 11.4 Å². The van der Waals surface area contributed by atoms with Crippen LogP contribution in [-0.4, -0.2) is 30.2 Å². The molecule has 0 aliphatic rings. The van der Waals surface area contributed by atoms with Gasteiger partial charge in [0.15, 0.2) is 0 Å². The van der Waals surface area contributed by atoms with Crippen molar-refractivity contribution < 1.29 is 9.66 Å². The monoisotopic (exact) mass is 303 g/mol. The maximum atomic E-state index is 11.1. The maximum absolute atomic E-state index is 11.1. The molecule has 2 rings (SSSR count). The molecule has 118 valence electrons. The Labute approximate surface area is 129 Å². The van der Waals surface area contributed by atoms with E-state index in [4.69, 9.17) is 4.74 Å². The van der Waals surface area contributed by atoms with Crippen LogP contribution in [-0.2, 0) is 4.74 Å². The normalized spacial score (nSPS) is 11.6. The average molecular weight is 303 g/mol. The molecule has 0 aliphatic heterocycles. The van der Waals surface area contributed by atoms with Crippen molar-refractivity contribution in [1.29, 1.82) is 0 Å². The van der Waals surface area contributed by atoms with Gasteiger partial charge >= 0.3 is 0 Å². The third kappa shape index (κ3) is 3.71. The number of nitro benzene ring substituents is 1. The molecule has 22 heavy (non-hydrogen) atoms. The first-order valence-electron chi connectivity index (χ1n) is 7.18. The van der Waals surface area contributed by atoms with Gasteiger partial charge in [0, 0.05) is 49.8 Å². The van der Waals surface area contributed by atoms with Crippen molar-refractivity contribution in [3.63, 3.8) is 0 Å². The molecule has 1 heterocycles. The van der Waals surface area contributed by atoms with Crippen molar-refractivity contribution in [3.05, 3.63) is 40.7 Å². The molecule has 0 radical (unpaired) electrons. The summed E-state index contributed by atoms with van der Waals surface area (Å²) in [6, 6.07) is 5.08. The highest BCUT2D eigenvalue weighted by Gasteiger charge is 2.19. The van der Waals surface area contributed by atoms with Crippen LogP contribution in [0.25, 0.3) is 10.8 Å². The molecule has 1 aromatic carbocycles. The molecule has 0 fully saturated rings. The Morgan fingerprint density at radius 3 is 2.77 bits per heavy atom. The molecular weight excluding hydrogens is 282 g/mol. The molecule has 0 spiro atoms. The fourth-order valence-electron chi connectivity index (χ4n) is 2.29. The minimum absolute atomic E-state index is 0.0666.